The zero-order valence-electron chi connectivity index (χ0n) is 9.82. The molecule has 1 aliphatic heterocycles. The number of hydrogen-bond acceptors (Lipinski definition) is 4. The van der Waals surface area contributed by atoms with Crippen molar-refractivity contribution in [1.82, 2.24) is 5.32 Å². The molecule has 16 heavy (non-hydrogen) atoms. The van der Waals surface area contributed by atoms with E-state index in [0.717, 1.165) is 6.42 Å². The van der Waals surface area contributed by atoms with Crippen molar-refractivity contribution in [3.8, 4) is 0 Å². The van der Waals surface area contributed by atoms with E-state index in [4.69, 9.17) is 5.73 Å². The van der Waals surface area contributed by atoms with Crippen LogP contribution in [0.1, 0.15) is 27.2 Å². The Kier molecular flexibility index (Phi) is 3.80. The van der Waals surface area contributed by atoms with Gasteiger partial charge in [0.25, 0.3) is 0 Å². The maximum Gasteiger partial charge on any atom is 0.238 e. The lowest BCUT2D eigenvalue weighted by Crippen LogP contribution is -2.44. The normalized spacial score (nSPS) is 28.8. The molecule has 0 aliphatic carbocycles. The number of hydrogen-bond donors (Lipinski definition) is 2. The maximum atomic E-state index is 12.0. The molecule has 4 atom stereocenters. The minimum absolute atomic E-state index is 0.0169. The van der Waals surface area contributed by atoms with Crippen LogP contribution in [0.25, 0.3) is 0 Å². The van der Waals surface area contributed by atoms with Crippen molar-refractivity contribution < 1.29 is 14.4 Å². The van der Waals surface area contributed by atoms with Crippen LogP contribution in [0.4, 0.5) is 0 Å². The molecule has 90 valence electrons. The lowest BCUT2D eigenvalue weighted by atomic mass is 9.84. The highest BCUT2D eigenvalue weighted by Gasteiger charge is 2.45. The molecule has 1 fully saturated rings. The summed E-state index contributed by atoms with van der Waals surface area (Å²) in [4.78, 5) is 34.7. The predicted molar refractivity (Wildman–Crippen MR) is 58.2 cm³/mol. The topological polar surface area (TPSA) is 89.3 Å². The number of ketones is 1. The van der Waals surface area contributed by atoms with Gasteiger partial charge in [0.15, 0.2) is 5.78 Å². The third-order valence-electron chi connectivity index (χ3n) is 3.33. The minimum atomic E-state index is -0.906. The Labute approximate surface area is 94.8 Å². The summed E-state index contributed by atoms with van der Waals surface area (Å²) in [6.07, 6.45) is 0.767. The van der Waals surface area contributed by atoms with Gasteiger partial charge in [0.1, 0.15) is 5.92 Å². The number of carbonyl (C=O) groups excluding carboxylic acids is 3. The fourth-order valence-corrected chi connectivity index (χ4v) is 1.81. The van der Waals surface area contributed by atoms with Crippen molar-refractivity contribution in [3.05, 3.63) is 0 Å². The molecule has 5 nitrogen and oxygen atoms in total. The quantitative estimate of drug-likeness (QED) is 0.515. The van der Waals surface area contributed by atoms with Crippen molar-refractivity contribution in [2.45, 2.75) is 33.2 Å². The standard InChI is InChI=1S/C11H18N2O3/c1-4-5(2)8(12)9(14)7-6(3)10(15)13-11(7)16/h5-8H,4,12H2,1-3H3,(H,13,15,16)/t5-,6+,7-,8+/m1/s1. The molecule has 1 saturated heterocycles. The second-order valence-electron chi connectivity index (χ2n) is 4.43. The van der Waals surface area contributed by atoms with Crippen LogP contribution in [-0.2, 0) is 14.4 Å². The van der Waals surface area contributed by atoms with E-state index in [-0.39, 0.29) is 17.6 Å². The van der Waals surface area contributed by atoms with Crippen molar-refractivity contribution >= 4 is 17.6 Å². The molecule has 0 bridgehead atoms. The molecule has 5 heteroatoms. The fourth-order valence-electron chi connectivity index (χ4n) is 1.81. The van der Waals surface area contributed by atoms with Gasteiger partial charge in [-0.05, 0) is 5.92 Å². The van der Waals surface area contributed by atoms with Gasteiger partial charge in [-0.2, -0.15) is 0 Å². The Bertz CT molecular complexity index is 327. The first kappa shape index (κ1) is 12.8. The van der Waals surface area contributed by atoms with Gasteiger partial charge in [0.2, 0.25) is 11.8 Å². The number of amides is 2. The van der Waals surface area contributed by atoms with E-state index in [2.05, 4.69) is 5.32 Å². The second kappa shape index (κ2) is 4.74. The fraction of sp³-hybridized carbons (Fsp3) is 0.727. The Morgan fingerprint density at radius 2 is 2.00 bits per heavy atom. The van der Waals surface area contributed by atoms with Crippen molar-refractivity contribution in [2.75, 3.05) is 0 Å². The molecule has 3 N–H and O–H groups in total. The van der Waals surface area contributed by atoms with E-state index in [1.165, 1.54) is 0 Å². The van der Waals surface area contributed by atoms with E-state index in [9.17, 15) is 14.4 Å². The monoisotopic (exact) mass is 226 g/mol. The van der Waals surface area contributed by atoms with Crippen molar-refractivity contribution in [1.29, 1.82) is 0 Å². The molecule has 1 heterocycles. The number of carbonyl (C=O) groups is 3. The third-order valence-corrected chi connectivity index (χ3v) is 3.33. The van der Waals surface area contributed by atoms with E-state index >= 15 is 0 Å². The highest BCUT2D eigenvalue weighted by Crippen LogP contribution is 2.22. The molecular formula is C11H18N2O3. The summed E-state index contributed by atoms with van der Waals surface area (Å²) in [7, 11) is 0. The number of nitrogens with one attached hydrogen (secondary N) is 1. The minimum Gasteiger partial charge on any atom is -0.321 e. The zero-order chi connectivity index (χ0) is 12.5. The molecule has 0 unspecified atom stereocenters. The largest absolute Gasteiger partial charge is 0.321 e. The van der Waals surface area contributed by atoms with Crippen LogP contribution in [0.2, 0.25) is 0 Å². The first-order valence-electron chi connectivity index (χ1n) is 5.54. The molecule has 1 aliphatic rings. The van der Waals surface area contributed by atoms with Gasteiger partial charge in [-0.25, -0.2) is 0 Å². The Balaban J connectivity index is 2.81. The van der Waals surface area contributed by atoms with E-state index < -0.39 is 23.8 Å². The van der Waals surface area contributed by atoms with E-state index in [1.54, 1.807) is 6.92 Å². The highest BCUT2D eigenvalue weighted by atomic mass is 16.2. The van der Waals surface area contributed by atoms with Gasteiger partial charge in [-0.15, -0.1) is 0 Å². The Morgan fingerprint density at radius 3 is 2.38 bits per heavy atom. The van der Waals surface area contributed by atoms with Gasteiger partial charge < -0.3 is 5.73 Å². The molecule has 0 aromatic carbocycles. The van der Waals surface area contributed by atoms with Crippen LogP contribution in [0.3, 0.4) is 0 Å². The van der Waals surface area contributed by atoms with Crippen LogP contribution in [-0.4, -0.2) is 23.6 Å². The predicted octanol–water partition coefficient (Wildman–Crippen LogP) is -0.162. The lowest BCUT2D eigenvalue weighted by molar-refractivity contribution is -0.134. The zero-order valence-corrected chi connectivity index (χ0v) is 9.82. The Morgan fingerprint density at radius 1 is 1.44 bits per heavy atom. The van der Waals surface area contributed by atoms with Gasteiger partial charge in [0.05, 0.1) is 12.0 Å². The molecule has 0 aromatic heterocycles. The van der Waals surface area contributed by atoms with Crippen molar-refractivity contribution in [3.63, 3.8) is 0 Å². The number of rotatable bonds is 4. The second-order valence-corrected chi connectivity index (χ2v) is 4.43. The smallest absolute Gasteiger partial charge is 0.238 e. The lowest BCUT2D eigenvalue weighted by Gasteiger charge is -2.20. The van der Waals surface area contributed by atoms with Crippen LogP contribution >= 0.6 is 0 Å². The summed E-state index contributed by atoms with van der Waals surface area (Å²) in [6.45, 7) is 5.37. The van der Waals surface area contributed by atoms with Crippen molar-refractivity contribution in [2.24, 2.45) is 23.5 Å². The summed E-state index contributed by atoms with van der Waals surface area (Å²) in [5, 5.41) is 2.16. The molecule has 1 rings (SSSR count). The molecule has 0 saturated carbocycles. The van der Waals surface area contributed by atoms with E-state index in [0.29, 0.717) is 0 Å². The summed E-state index contributed by atoms with van der Waals surface area (Å²) >= 11 is 0. The molecular weight excluding hydrogens is 208 g/mol. The number of imide groups is 1. The summed E-state index contributed by atoms with van der Waals surface area (Å²) < 4.78 is 0. The van der Waals surface area contributed by atoms with Crippen LogP contribution in [0, 0.1) is 17.8 Å². The highest BCUT2D eigenvalue weighted by molar-refractivity contribution is 6.16. The average Bonchev–Trinajstić information content (AvgIpc) is 2.50. The molecule has 2 amide bonds. The SMILES string of the molecule is CC[C@@H](C)[C@H](N)C(=O)[C@@H]1C(=O)NC(=O)[C@H]1C. The van der Waals surface area contributed by atoms with Gasteiger partial charge in [0, 0.05) is 0 Å². The number of nitrogens with two attached hydrogens (primary N) is 1. The van der Waals surface area contributed by atoms with E-state index in [1.807, 2.05) is 13.8 Å². The molecule has 0 spiro atoms. The first-order valence-corrected chi connectivity index (χ1v) is 5.54. The summed E-state index contributed by atoms with van der Waals surface area (Å²) in [5.74, 6) is -2.72. The van der Waals surface area contributed by atoms with Gasteiger partial charge in [-0.1, -0.05) is 27.2 Å². The van der Waals surface area contributed by atoms with Gasteiger partial charge in [-0.3, -0.25) is 19.7 Å². The van der Waals surface area contributed by atoms with Gasteiger partial charge >= 0.3 is 0 Å². The third kappa shape index (κ3) is 2.14. The summed E-state index contributed by atoms with van der Waals surface area (Å²) in [5.41, 5.74) is 5.78. The number of Topliss-reactive ketones (excluding diaryl/α,β-unsaturated/α-hetero) is 1. The molecule has 0 radical (unpaired) electrons. The maximum absolute atomic E-state index is 12.0. The first-order chi connectivity index (χ1) is 7.40. The van der Waals surface area contributed by atoms with Crippen LogP contribution in [0.5, 0.6) is 0 Å². The Hall–Kier alpha value is -1.23. The average molecular weight is 226 g/mol. The summed E-state index contributed by atoms with van der Waals surface area (Å²) in [6, 6.07) is -0.672. The van der Waals surface area contributed by atoms with Crippen LogP contribution < -0.4 is 11.1 Å². The van der Waals surface area contributed by atoms with Crippen LogP contribution in [0.15, 0.2) is 0 Å². The molecule has 0 aromatic rings.